The third kappa shape index (κ3) is 3.33. The van der Waals surface area contributed by atoms with Crippen molar-refractivity contribution in [2.75, 3.05) is 18.9 Å². The Morgan fingerprint density at radius 3 is 2.05 bits per heavy atom. The zero-order valence-corrected chi connectivity index (χ0v) is 13.8. The van der Waals surface area contributed by atoms with Gasteiger partial charge in [0.2, 0.25) is 0 Å². The third-order valence-corrected chi connectivity index (χ3v) is 4.95. The van der Waals surface area contributed by atoms with Gasteiger partial charge in [-0.25, -0.2) is 8.42 Å². The average molecular weight is 321 g/mol. The molecule has 0 amide bonds. The van der Waals surface area contributed by atoms with E-state index < -0.39 is 10.0 Å². The first-order valence-corrected chi connectivity index (χ1v) is 8.18. The van der Waals surface area contributed by atoms with Crippen LogP contribution in [0.25, 0.3) is 0 Å². The number of hydrogen-bond acceptors (Lipinski definition) is 4. The van der Waals surface area contributed by atoms with Crippen molar-refractivity contribution in [3.05, 3.63) is 47.5 Å². The Morgan fingerprint density at radius 2 is 1.50 bits per heavy atom. The molecular formula is C16H19NO4S. The van der Waals surface area contributed by atoms with Crippen LogP contribution < -0.4 is 14.2 Å². The number of anilines is 1. The van der Waals surface area contributed by atoms with Gasteiger partial charge in [-0.15, -0.1) is 0 Å². The molecule has 0 aliphatic heterocycles. The van der Waals surface area contributed by atoms with Gasteiger partial charge in [0.25, 0.3) is 10.0 Å². The van der Waals surface area contributed by atoms with E-state index in [-0.39, 0.29) is 4.90 Å². The van der Waals surface area contributed by atoms with Crippen molar-refractivity contribution in [2.45, 2.75) is 18.7 Å². The zero-order chi connectivity index (χ0) is 16.3. The predicted molar refractivity (Wildman–Crippen MR) is 86.3 cm³/mol. The lowest BCUT2D eigenvalue weighted by Crippen LogP contribution is -2.15. The quantitative estimate of drug-likeness (QED) is 0.919. The fourth-order valence-corrected chi connectivity index (χ4v) is 3.85. The molecule has 2 rings (SSSR count). The number of aryl methyl sites for hydroxylation is 2. The maximum absolute atomic E-state index is 12.6. The highest BCUT2D eigenvalue weighted by atomic mass is 32.2. The van der Waals surface area contributed by atoms with Crippen LogP contribution in [-0.4, -0.2) is 22.6 Å². The van der Waals surface area contributed by atoms with Crippen molar-refractivity contribution in [1.29, 1.82) is 0 Å². The maximum atomic E-state index is 12.6. The lowest BCUT2D eigenvalue weighted by molar-refractivity contribution is 0.413. The molecule has 0 aliphatic carbocycles. The molecule has 0 spiro atoms. The second-order valence-electron chi connectivity index (χ2n) is 4.93. The Kier molecular flexibility index (Phi) is 4.61. The Bertz CT molecular complexity index is 761. The number of nitrogens with one attached hydrogen (secondary N) is 1. The molecule has 6 heteroatoms. The Hall–Kier alpha value is -2.21. The summed E-state index contributed by atoms with van der Waals surface area (Å²) in [7, 11) is -0.600. The van der Waals surface area contributed by atoms with E-state index in [2.05, 4.69) is 4.72 Å². The second kappa shape index (κ2) is 6.27. The minimum Gasteiger partial charge on any atom is -0.497 e. The van der Waals surface area contributed by atoms with Crippen LogP contribution in [0.3, 0.4) is 0 Å². The standard InChI is InChI=1S/C16H19NO4S/c1-11-8-15(21-4)9-12(2)16(11)22(18,19)17-13-6-5-7-14(10-13)20-3/h5-10,17H,1-4H3. The van der Waals surface area contributed by atoms with Crippen LogP contribution >= 0.6 is 0 Å². The summed E-state index contributed by atoms with van der Waals surface area (Å²) >= 11 is 0. The maximum Gasteiger partial charge on any atom is 0.262 e. The number of ether oxygens (including phenoxy) is 2. The number of rotatable bonds is 5. The minimum absolute atomic E-state index is 0.260. The summed E-state index contributed by atoms with van der Waals surface area (Å²) in [5.41, 5.74) is 1.72. The van der Waals surface area contributed by atoms with Crippen molar-refractivity contribution in [3.8, 4) is 11.5 Å². The molecule has 0 atom stereocenters. The van der Waals surface area contributed by atoms with Crippen molar-refractivity contribution in [2.24, 2.45) is 0 Å². The molecule has 1 N–H and O–H groups in total. The molecule has 0 heterocycles. The molecule has 118 valence electrons. The van der Waals surface area contributed by atoms with Gasteiger partial charge in [-0.1, -0.05) is 6.07 Å². The highest BCUT2D eigenvalue weighted by Crippen LogP contribution is 2.28. The Labute approximate surface area is 130 Å². The molecule has 0 bridgehead atoms. The summed E-state index contributed by atoms with van der Waals surface area (Å²) in [5, 5.41) is 0. The molecule has 0 aliphatic rings. The van der Waals surface area contributed by atoms with Crippen molar-refractivity contribution >= 4 is 15.7 Å². The van der Waals surface area contributed by atoms with E-state index in [1.54, 1.807) is 57.4 Å². The van der Waals surface area contributed by atoms with Gasteiger partial charge in [0.05, 0.1) is 24.8 Å². The number of benzene rings is 2. The Balaban J connectivity index is 2.42. The van der Waals surface area contributed by atoms with Crippen LogP contribution in [0.4, 0.5) is 5.69 Å². The van der Waals surface area contributed by atoms with E-state index >= 15 is 0 Å². The summed E-state index contributed by atoms with van der Waals surface area (Å²) < 4.78 is 38.1. The molecule has 0 unspecified atom stereocenters. The van der Waals surface area contributed by atoms with Crippen LogP contribution in [-0.2, 0) is 10.0 Å². The first-order valence-electron chi connectivity index (χ1n) is 6.69. The summed E-state index contributed by atoms with van der Waals surface area (Å²) in [6, 6.07) is 10.2. The first kappa shape index (κ1) is 16.2. The van der Waals surface area contributed by atoms with Gasteiger partial charge in [-0.2, -0.15) is 0 Å². The van der Waals surface area contributed by atoms with Crippen molar-refractivity contribution < 1.29 is 17.9 Å². The van der Waals surface area contributed by atoms with Crippen LogP contribution in [0.15, 0.2) is 41.3 Å². The topological polar surface area (TPSA) is 64.6 Å². The molecule has 0 radical (unpaired) electrons. The molecule has 2 aromatic rings. The van der Waals surface area contributed by atoms with E-state index in [0.717, 1.165) is 0 Å². The Morgan fingerprint density at radius 1 is 0.909 bits per heavy atom. The average Bonchev–Trinajstić information content (AvgIpc) is 2.45. The van der Waals surface area contributed by atoms with Gasteiger partial charge in [0.15, 0.2) is 0 Å². The van der Waals surface area contributed by atoms with Gasteiger partial charge in [0, 0.05) is 6.07 Å². The fourth-order valence-electron chi connectivity index (χ4n) is 2.35. The number of sulfonamides is 1. The van der Waals surface area contributed by atoms with Crippen LogP contribution in [0.2, 0.25) is 0 Å². The smallest absolute Gasteiger partial charge is 0.262 e. The van der Waals surface area contributed by atoms with Gasteiger partial charge in [0.1, 0.15) is 11.5 Å². The molecule has 22 heavy (non-hydrogen) atoms. The summed E-state index contributed by atoms with van der Waals surface area (Å²) in [5.74, 6) is 1.22. The van der Waals surface area contributed by atoms with E-state index in [1.165, 1.54) is 7.11 Å². The van der Waals surface area contributed by atoms with Gasteiger partial charge < -0.3 is 9.47 Å². The third-order valence-electron chi connectivity index (χ3n) is 3.26. The van der Waals surface area contributed by atoms with E-state index in [1.807, 2.05) is 0 Å². The monoisotopic (exact) mass is 321 g/mol. The van der Waals surface area contributed by atoms with Crippen LogP contribution in [0.1, 0.15) is 11.1 Å². The SMILES string of the molecule is COc1cccc(NS(=O)(=O)c2c(C)cc(OC)cc2C)c1. The van der Waals surface area contributed by atoms with Crippen molar-refractivity contribution in [1.82, 2.24) is 0 Å². The lowest BCUT2D eigenvalue weighted by atomic mass is 10.1. The molecular weight excluding hydrogens is 302 g/mol. The van der Waals surface area contributed by atoms with E-state index in [4.69, 9.17) is 9.47 Å². The fraction of sp³-hybridized carbons (Fsp3) is 0.250. The lowest BCUT2D eigenvalue weighted by Gasteiger charge is -2.14. The largest absolute Gasteiger partial charge is 0.497 e. The minimum atomic E-state index is -3.69. The van der Waals surface area contributed by atoms with Gasteiger partial charge >= 0.3 is 0 Å². The molecule has 5 nitrogen and oxygen atoms in total. The zero-order valence-electron chi connectivity index (χ0n) is 13.0. The summed E-state index contributed by atoms with van der Waals surface area (Å²) in [6.07, 6.45) is 0. The molecule has 0 aromatic heterocycles. The van der Waals surface area contributed by atoms with Crippen molar-refractivity contribution in [3.63, 3.8) is 0 Å². The van der Waals surface area contributed by atoms with Crippen LogP contribution in [0.5, 0.6) is 11.5 Å². The molecule has 0 saturated heterocycles. The predicted octanol–water partition coefficient (Wildman–Crippen LogP) is 3.12. The highest BCUT2D eigenvalue weighted by molar-refractivity contribution is 7.92. The van der Waals surface area contributed by atoms with E-state index in [0.29, 0.717) is 28.3 Å². The molecule has 0 fully saturated rings. The highest BCUT2D eigenvalue weighted by Gasteiger charge is 2.20. The van der Waals surface area contributed by atoms with Gasteiger partial charge in [-0.3, -0.25) is 4.72 Å². The van der Waals surface area contributed by atoms with Crippen LogP contribution in [0, 0.1) is 13.8 Å². The number of methoxy groups -OCH3 is 2. The first-order chi connectivity index (χ1) is 10.4. The normalized spacial score (nSPS) is 11.1. The second-order valence-corrected chi connectivity index (χ2v) is 6.55. The summed E-state index contributed by atoms with van der Waals surface area (Å²) in [6.45, 7) is 3.49. The number of hydrogen-bond donors (Lipinski definition) is 1. The molecule has 0 saturated carbocycles. The summed E-state index contributed by atoms with van der Waals surface area (Å²) in [4.78, 5) is 0.260. The van der Waals surface area contributed by atoms with Gasteiger partial charge in [-0.05, 0) is 49.2 Å². The molecule has 2 aromatic carbocycles. The van der Waals surface area contributed by atoms with E-state index in [9.17, 15) is 8.42 Å².